The van der Waals surface area contributed by atoms with Crippen LogP contribution in [0.1, 0.15) is 43.0 Å². The van der Waals surface area contributed by atoms with Gasteiger partial charge in [-0.1, -0.05) is 6.92 Å². The summed E-state index contributed by atoms with van der Waals surface area (Å²) in [6.07, 6.45) is 3.97. The van der Waals surface area contributed by atoms with Crippen LogP contribution in [-0.2, 0) is 17.6 Å². The van der Waals surface area contributed by atoms with Gasteiger partial charge in [0.25, 0.3) is 0 Å². The highest BCUT2D eigenvalue weighted by atomic mass is 16.5. The first kappa shape index (κ1) is 11.3. The van der Waals surface area contributed by atoms with E-state index in [2.05, 4.69) is 22.3 Å². The number of hydrogen-bond donors (Lipinski definition) is 2. The van der Waals surface area contributed by atoms with Gasteiger partial charge in [0, 0.05) is 18.4 Å². The van der Waals surface area contributed by atoms with E-state index in [-0.39, 0.29) is 6.10 Å². The van der Waals surface area contributed by atoms with Gasteiger partial charge in [0.15, 0.2) is 5.82 Å². The van der Waals surface area contributed by atoms with Crippen LogP contribution in [0.2, 0.25) is 0 Å². The second kappa shape index (κ2) is 4.76. The van der Waals surface area contributed by atoms with Gasteiger partial charge in [-0.05, 0) is 25.7 Å². The Morgan fingerprint density at radius 1 is 1.44 bits per heavy atom. The topological polar surface area (TPSA) is 73.1 Å². The second-order valence-electron chi connectivity index (χ2n) is 3.99. The summed E-state index contributed by atoms with van der Waals surface area (Å²) >= 11 is 0. The molecular weight excluding hydrogens is 204 g/mol. The molecule has 0 aliphatic heterocycles. The molecule has 0 radical (unpaired) electrons. The van der Waals surface area contributed by atoms with E-state index in [0.29, 0.717) is 0 Å². The first-order chi connectivity index (χ1) is 7.80. The number of ether oxygens (including phenoxy) is 1. The zero-order chi connectivity index (χ0) is 11.5. The molecule has 3 N–H and O–H groups in total. The number of hydrogen-bond acceptors (Lipinski definition) is 5. The third kappa shape index (κ3) is 1.88. The third-order valence-electron chi connectivity index (χ3n) is 3.03. The Morgan fingerprint density at radius 3 is 2.88 bits per heavy atom. The molecule has 0 amide bonds. The summed E-state index contributed by atoms with van der Waals surface area (Å²) in [5.41, 5.74) is 4.95. The molecule has 1 aromatic heterocycles. The molecule has 1 unspecified atom stereocenters. The highest BCUT2D eigenvalue weighted by Crippen LogP contribution is 2.28. The molecule has 1 aliphatic carbocycles. The Bertz CT molecular complexity index is 376. The molecule has 1 aliphatic rings. The van der Waals surface area contributed by atoms with Crippen molar-refractivity contribution in [1.29, 1.82) is 0 Å². The van der Waals surface area contributed by atoms with Crippen LogP contribution in [0.3, 0.4) is 0 Å². The third-order valence-corrected chi connectivity index (χ3v) is 3.03. The molecule has 16 heavy (non-hydrogen) atoms. The van der Waals surface area contributed by atoms with Crippen LogP contribution in [-0.4, -0.2) is 17.1 Å². The van der Waals surface area contributed by atoms with E-state index in [1.807, 2.05) is 0 Å². The fourth-order valence-corrected chi connectivity index (χ4v) is 2.17. The van der Waals surface area contributed by atoms with E-state index < -0.39 is 0 Å². The van der Waals surface area contributed by atoms with Gasteiger partial charge in [0.1, 0.15) is 11.9 Å². The number of nitrogens with one attached hydrogen (secondary N) is 1. The van der Waals surface area contributed by atoms with Crippen molar-refractivity contribution in [3.05, 3.63) is 17.1 Å². The SMILES string of the molecule is CCC(OC)c1nc2c(c(NN)n1)CCC2. The number of nitrogen functional groups attached to an aromatic ring is 1. The van der Waals surface area contributed by atoms with Crippen LogP contribution in [0, 0.1) is 0 Å². The van der Waals surface area contributed by atoms with Crippen molar-refractivity contribution in [2.45, 2.75) is 38.7 Å². The number of rotatable bonds is 4. The molecule has 0 spiro atoms. The minimum atomic E-state index is -0.0435. The quantitative estimate of drug-likeness (QED) is 0.594. The molecule has 88 valence electrons. The molecular formula is C11H18N4O. The van der Waals surface area contributed by atoms with E-state index in [1.165, 1.54) is 0 Å². The maximum Gasteiger partial charge on any atom is 0.159 e. The fourth-order valence-electron chi connectivity index (χ4n) is 2.17. The summed E-state index contributed by atoms with van der Waals surface area (Å²) in [6.45, 7) is 2.06. The molecule has 0 saturated heterocycles. The van der Waals surface area contributed by atoms with Crippen LogP contribution in [0.5, 0.6) is 0 Å². The smallest absolute Gasteiger partial charge is 0.159 e. The van der Waals surface area contributed by atoms with E-state index in [1.54, 1.807) is 7.11 Å². The average molecular weight is 222 g/mol. The van der Waals surface area contributed by atoms with Crippen molar-refractivity contribution in [2.24, 2.45) is 5.84 Å². The fraction of sp³-hybridized carbons (Fsp3) is 0.636. The second-order valence-corrected chi connectivity index (χ2v) is 3.99. The van der Waals surface area contributed by atoms with Gasteiger partial charge >= 0.3 is 0 Å². The Balaban J connectivity index is 2.41. The number of fused-ring (bicyclic) bond motifs is 1. The minimum absolute atomic E-state index is 0.0435. The predicted molar refractivity (Wildman–Crippen MR) is 61.9 cm³/mol. The highest BCUT2D eigenvalue weighted by molar-refractivity contribution is 5.48. The van der Waals surface area contributed by atoms with Crippen molar-refractivity contribution < 1.29 is 4.74 Å². The maximum atomic E-state index is 5.49. The number of aryl methyl sites for hydroxylation is 1. The predicted octanol–water partition coefficient (Wildman–Crippen LogP) is 1.35. The first-order valence-electron chi connectivity index (χ1n) is 5.69. The lowest BCUT2D eigenvalue weighted by molar-refractivity contribution is 0.0925. The lowest BCUT2D eigenvalue weighted by Crippen LogP contribution is -2.15. The Morgan fingerprint density at radius 2 is 2.25 bits per heavy atom. The molecule has 0 aromatic carbocycles. The molecule has 1 aromatic rings. The molecule has 5 nitrogen and oxygen atoms in total. The van der Waals surface area contributed by atoms with Crippen LogP contribution in [0.4, 0.5) is 5.82 Å². The molecule has 1 atom stereocenters. The summed E-state index contributed by atoms with van der Waals surface area (Å²) in [5, 5.41) is 0. The van der Waals surface area contributed by atoms with Crippen molar-refractivity contribution in [3.8, 4) is 0 Å². The first-order valence-corrected chi connectivity index (χ1v) is 5.69. The van der Waals surface area contributed by atoms with E-state index in [0.717, 1.165) is 48.6 Å². The summed E-state index contributed by atoms with van der Waals surface area (Å²) in [5.74, 6) is 6.99. The van der Waals surface area contributed by atoms with Gasteiger partial charge in [-0.2, -0.15) is 0 Å². The number of aromatic nitrogens is 2. The number of hydrazine groups is 1. The molecule has 0 saturated carbocycles. The molecule has 5 heteroatoms. The van der Waals surface area contributed by atoms with Gasteiger partial charge < -0.3 is 10.2 Å². The standard InChI is InChI=1S/C11H18N4O/c1-3-9(16-2)11-13-8-6-4-5-7(8)10(14-11)15-12/h9H,3-6,12H2,1-2H3,(H,13,14,15). The van der Waals surface area contributed by atoms with Crippen molar-refractivity contribution >= 4 is 5.82 Å². The maximum absolute atomic E-state index is 5.49. The Hall–Kier alpha value is -1.20. The van der Waals surface area contributed by atoms with Crippen LogP contribution in [0.15, 0.2) is 0 Å². The summed E-state index contributed by atoms with van der Waals surface area (Å²) in [4.78, 5) is 9.00. The van der Waals surface area contributed by atoms with Crippen LogP contribution >= 0.6 is 0 Å². The molecule has 0 fully saturated rings. The van der Waals surface area contributed by atoms with Crippen molar-refractivity contribution in [3.63, 3.8) is 0 Å². The van der Waals surface area contributed by atoms with Gasteiger partial charge in [0.2, 0.25) is 0 Å². The summed E-state index contributed by atoms with van der Waals surface area (Å²) < 4.78 is 5.35. The average Bonchev–Trinajstić information content (AvgIpc) is 2.77. The normalized spacial score (nSPS) is 15.9. The monoisotopic (exact) mass is 222 g/mol. The van der Waals surface area contributed by atoms with Gasteiger partial charge in [-0.25, -0.2) is 15.8 Å². The molecule has 1 heterocycles. The Labute approximate surface area is 95.4 Å². The number of nitrogens with zero attached hydrogens (tertiary/aromatic N) is 2. The van der Waals surface area contributed by atoms with Crippen LogP contribution in [0.25, 0.3) is 0 Å². The van der Waals surface area contributed by atoms with Gasteiger partial charge in [-0.15, -0.1) is 0 Å². The number of nitrogens with two attached hydrogens (primary N) is 1. The zero-order valence-corrected chi connectivity index (χ0v) is 9.79. The van der Waals surface area contributed by atoms with Crippen molar-refractivity contribution in [1.82, 2.24) is 9.97 Å². The largest absolute Gasteiger partial charge is 0.373 e. The highest BCUT2D eigenvalue weighted by Gasteiger charge is 2.21. The summed E-state index contributed by atoms with van der Waals surface area (Å²) in [7, 11) is 1.68. The van der Waals surface area contributed by atoms with E-state index in [4.69, 9.17) is 10.6 Å². The van der Waals surface area contributed by atoms with Crippen LogP contribution < -0.4 is 11.3 Å². The van der Waals surface area contributed by atoms with E-state index in [9.17, 15) is 0 Å². The minimum Gasteiger partial charge on any atom is -0.373 e. The Kier molecular flexibility index (Phi) is 3.36. The van der Waals surface area contributed by atoms with Gasteiger partial charge in [-0.3, -0.25) is 0 Å². The molecule has 2 rings (SSSR count). The van der Waals surface area contributed by atoms with E-state index >= 15 is 0 Å². The van der Waals surface area contributed by atoms with Crippen molar-refractivity contribution in [2.75, 3.05) is 12.5 Å². The lowest BCUT2D eigenvalue weighted by atomic mass is 10.2. The molecule has 0 bridgehead atoms. The lowest BCUT2D eigenvalue weighted by Gasteiger charge is -2.14. The van der Waals surface area contributed by atoms with Gasteiger partial charge in [0.05, 0.1) is 0 Å². The number of anilines is 1. The number of methoxy groups -OCH3 is 1. The zero-order valence-electron chi connectivity index (χ0n) is 9.79. The summed E-state index contributed by atoms with van der Waals surface area (Å²) in [6, 6.07) is 0.